The minimum absolute atomic E-state index is 0.148. The lowest BCUT2D eigenvalue weighted by Crippen LogP contribution is -2.09. The van der Waals surface area contributed by atoms with Gasteiger partial charge in [0.1, 0.15) is 17.7 Å². The highest BCUT2D eigenvalue weighted by atomic mass is 32.2. The molecule has 0 saturated carbocycles. The molecule has 0 aliphatic carbocycles. The van der Waals surface area contributed by atoms with Crippen LogP contribution in [-0.4, -0.2) is 5.75 Å². The summed E-state index contributed by atoms with van der Waals surface area (Å²) in [5.41, 5.74) is 4.53. The third-order valence-corrected chi connectivity index (χ3v) is 5.58. The van der Waals surface area contributed by atoms with Gasteiger partial charge in [0.2, 0.25) is 0 Å². The molecule has 0 atom stereocenters. The Balaban J connectivity index is 1.86. The highest BCUT2D eigenvalue weighted by Gasteiger charge is 2.12. The van der Waals surface area contributed by atoms with Crippen LogP contribution in [0.5, 0.6) is 0 Å². The van der Waals surface area contributed by atoms with Crippen LogP contribution >= 0.6 is 11.8 Å². The molecule has 3 nitrogen and oxygen atoms in total. The molecule has 0 radical (unpaired) electrons. The summed E-state index contributed by atoms with van der Waals surface area (Å²) < 4.78 is 0. The number of hydrogen-bond donors (Lipinski definition) is 0. The lowest BCUT2D eigenvalue weighted by atomic mass is 10.1. The van der Waals surface area contributed by atoms with Gasteiger partial charge in [0.05, 0.1) is 0 Å². The summed E-state index contributed by atoms with van der Waals surface area (Å²) in [5.74, 6) is 0.581. The molecule has 0 aliphatic heterocycles. The summed E-state index contributed by atoms with van der Waals surface area (Å²) in [5, 5.41) is 17.7. The average Bonchev–Trinajstić information content (AvgIpc) is 2.82. The van der Waals surface area contributed by atoms with E-state index in [1.165, 1.54) is 0 Å². The van der Waals surface area contributed by atoms with E-state index >= 15 is 0 Å². The normalized spacial score (nSPS) is 10.6. The molecule has 146 valence electrons. The second-order valence-electron chi connectivity index (χ2n) is 6.36. The van der Waals surface area contributed by atoms with Crippen molar-refractivity contribution in [3.05, 3.63) is 108 Å². The second kappa shape index (κ2) is 10.7. The van der Waals surface area contributed by atoms with Gasteiger partial charge in [-0.15, -0.1) is 11.8 Å². The van der Waals surface area contributed by atoms with Crippen molar-refractivity contribution >= 4 is 33.7 Å². The van der Waals surface area contributed by atoms with Crippen molar-refractivity contribution in [1.29, 1.82) is 10.5 Å². The topological polar surface area (TPSA) is 50.8 Å². The smallest absolute Gasteiger partial charge is 0.126 e. The van der Waals surface area contributed by atoms with Crippen LogP contribution in [0.3, 0.4) is 0 Å². The predicted octanol–water partition coefficient (Wildman–Crippen LogP) is 7.22. The third kappa shape index (κ3) is 5.20. The summed E-state index contributed by atoms with van der Waals surface area (Å²) >= 11 is 1.61. The molecule has 3 aromatic rings. The Bertz CT molecular complexity index is 1050. The van der Waals surface area contributed by atoms with Gasteiger partial charge in [0.25, 0.3) is 0 Å². The summed E-state index contributed by atoms with van der Waals surface area (Å²) in [6, 6.07) is 32.8. The predicted molar refractivity (Wildman–Crippen MR) is 127 cm³/mol. The maximum absolute atomic E-state index is 8.87. The van der Waals surface area contributed by atoms with Crippen LogP contribution in [0, 0.1) is 22.7 Å². The van der Waals surface area contributed by atoms with E-state index in [1.807, 2.05) is 55.5 Å². The zero-order chi connectivity index (χ0) is 21.2. The van der Waals surface area contributed by atoms with Crippen LogP contribution in [0.4, 0.5) is 17.1 Å². The van der Waals surface area contributed by atoms with Gasteiger partial charge in [-0.25, -0.2) is 0 Å². The highest BCUT2D eigenvalue weighted by molar-refractivity contribution is 8.08. The van der Waals surface area contributed by atoms with Crippen LogP contribution in [0.25, 0.3) is 4.91 Å². The first kappa shape index (κ1) is 21.0. The fourth-order valence-electron chi connectivity index (χ4n) is 3.04. The van der Waals surface area contributed by atoms with Gasteiger partial charge in [-0.1, -0.05) is 54.6 Å². The largest absolute Gasteiger partial charge is 0.311 e. The van der Waals surface area contributed by atoms with Gasteiger partial charge in [-0.05, 0) is 55.0 Å². The second-order valence-corrected chi connectivity index (χ2v) is 7.42. The van der Waals surface area contributed by atoms with Crippen LogP contribution in [0.2, 0.25) is 0 Å². The van der Waals surface area contributed by atoms with Crippen molar-refractivity contribution in [3.63, 3.8) is 0 Å². The maximum atomic E-state index is 8.87. The van der Waals surface area contributed by atoms with Crippen molar-refractivity contribution in [2.24, 2.45) is 0 Å². The van der Waals surface area contributed by atoms with E-state index in [0.717, 1.165) is 27.5 Å². The van der Waals surface area contributed by atoms with Gasteiger partial charge < -0.3 is 4.90 Å². The van der Waals surface area contributed by atoms with Gasteiger partial charge >= 0.3 is 0 Å². The molecule has 3 aromatic carbocycles. The monoisotopic (exact) mass is 407 g/mol. The number of thioether (sulfide) groups is 1. The Morgan fingerprint density at radius 3 is 1.77 bits per heavy atom. The Kier molecular flexibility index (Phi) is 7.50. The Morgan fingerprint density at radius 2 is 1.30 bits per heavy atom. The SMILES string of the molecule is C/C=C(\SCC=C(C#N)C#N)c1ccc(N(c2ccccc2)c2ccccc2)cc1. The Labute approximate surface area is 182 Å². The molecule has 0 amide bonds. The number of allylic oxidation sites excluding steroid dienone is 2. The molecule has 0 unspecified atom stereocenters. The van der Waals surface area contributed by atoms with Crippen molar-refractivity contribution in [2.45, 2.75) is 6.92 Å². The van der Waals surface area contributed by atoms with E-state index in [4.69, 9.17) is 10.5 Å². The van der Waals surface area contributed by atoms with Crippen molar-refractivity contribution in [1.82, 2.24) is 0 Å². The first-order valence-corrected chi connectivity index (χ1v) is 10.6. The number of para-hydroxylation sites is 2. The van der Waals surface area contributed by atoms with E-state index in [2.05, 4.69) is 59.5 Å². The molecule has 0 heterocycles. The minimum Gasteiger partial charge on any atom is -0.311 e. The first-order valence-electron chi connectivity index (χ1n) is 9.57. The quantitative estimate of drug-likeness (QED) is 0.388. The van der Waals surface area contributed by atoms with Crippen molar-refractivity contribution in [3.8, 4) is 12.1 Å². The van der Waals surface area contributed by atoms with Gasteiger partial charge in [-0.2, -0.15) is 10.5 Å². The molecule has 30 heavy (non-hydrogen) atoms. The van der Waals surface area contributed by atoms with Crippen LogP contribution < -0.4 is 4.90 Å². The Hall–Kier alpha value is -3.73. The fourth-order valence-corrected chi connectivity index (χ4v) is 3.94. The summed E-state index contributed by atoms with van der Waals surface area (Å²) in [7, 11) is 0. The molecule has 3 rings (SSSR count). The lowest BCUT2D eigenvalue weighted by Gasteiger charge is -2.25. The standard InChI is InChI=1S/C26H21N3S/c1-2-26(30-18-17-21(19-27)20-28)22-13-15-25(16-14-22)29(23-9-5-3-6-10-23)24-11-7-4-8-12-24/h2-17H,18H2,1H3/b26-2-. The zero-order valence-electron chi connectivity index (χ0n) is 16.7. The highest BCUT2D eigenvalue weighted by Crippen LogP contribution is 2.36. The van der Waals surface area contributed by atoms with Gasteiger partial charge in [0, 0.05) is 27.7 Å². The average molecular weight is 408 g/mol. The summed E-state index contributed by atoms with van der Waals surface area (Å²) in [6.45, 7) is 2.00. The molecule has 4 heteroatoms. The zero-order valence-corrected chi connectivity index (χ0v) is 17.5. The molecule has 0 aromatic heterocycles. The van der Waals surface area contributed by atoms with E-state index in [-0.39, 0.29) is 5.57 Å². The molecular formula is C26H21N3S. The van der Waals surface area contributed by atoms with E-state index in [9.17, 15) is 0 Å². The molecule has 0 N–H and O–H groups in total. The number of rotatable bonds is 7. The van der Waals surface area contributed by atoms with Gasteiger partial charge in [-0.3, -0.25) is 0 Å². The van der Waals surface area contributed by atoms with Crippen molar-refractivity contribution in [2.75, 3.05) is 10.7 Å². The first-order chi connectivity index (χ1) is 14.8. The van der Waals surface area contributed by atoms with Gasteiger partial charge in [0.15, 0.2) is 0 Å². The number of nitrogens with zero attached hydrogens (tertiary/aromatic N) is 3. The molecule has 0 saturated heterocycles. The van der Waals surface area contributed by atoms with Crippen molar-refractivity contribution < 1.29 is 0 Å². The number of anilines is 3. The molecule has 0 spiro atoms. The number of benzene rings is 3. The molecule has 0 bridgehead atoms. The van der Waals surface area contributed by atoms with Crippen LogP contribution in [-0.2, 0) is 0 Å². The molecule has 0 fully saturated rings. The summed E-state index contributed by atoms with van der Waals surface area (Å²) in [4.78, 5) is 3.33. The Morgan fingerprint density at radius 1 is 0.800 bits per heavy atom. The molecular weight excluding hydrogens is 386 g/mol. The van der Waals surface area contributed by atoms with E-state index < -0.39 is 0 Å². The van der Waals surface area contributed by atoms with E-state index in [1.54, 1.807) is 17.8 Å². The maximum Gasteiger partial charge on any atom is 0.126 e. The van der Waals surface area contributed by atoms with Crippen LogP contribution in [0.1, 0.15) is 12.5 Å². The summed E-state index contributed by atoms with van der Waals surface area (Å²) in [6.07, 6.45) is 3.72. The fraction of sp³-hybridized carbons (Fsp3) is 0.0769. The number of hydrogen-bond acceptors (Lipinski definition) is 4. The molecule has 0 aliphatic rings. The minimum atomic E-state index is 0.148. The number of nitriles is 2. The third-order valence-electron chi connectivity index (χ3n) is 4.47. The van der Waals surface area contributed by atoms with Crippen LogP contribution in [0.15, 0.2) is 103 Å². The lowest BCUT2D eigenvalue weighted by molar-refractivity contribution is 1.28. The van der Waals surface area contributed by atoms with E-state index in [0.29, 0.717) is 5.75 Å².